The predicted molar refractivity (Wildman–Crippen MR) is 106 cm³/mol. The topological polar surface area (TPSA) is 159 Å². The highest BCUT2D eigenvalue weighted by molar-refractivity contribution is 8.00. The van der Waals surface area contributed by atoms with Gasteiger partial charge in [0.1, 0.15) is 35.5 Å². The highest BCUT2D eigenvalue weighted by Crippen LogP contribution is 2.40. The van der Waals surface area contributed by atoms with Gasteiger partial charge in [0.15, 0.2) is 0 Å². The van der Waals surface area contributed by atoms with E-state index in [0.29, 0.717) is 16.7 Å². The van der Waals surface area contributed by atoms with E-state index in [1.807, 2.05) is 0 Å². The first kappa shape index (κ1) is 21.7. The Morgan fingerprint density at radius 3 is 2.70 bits per heavy atom. The van der Waals surface area contributed by atoms with Crippen LogP contribution in [0.25, 0.3) is 0 Å². The monoisotopic (exact) mass is 435 g/mol. The maximum absolute atomic E-state index is 12.6. The number of hydrogen-bond acceptors (Lipinski definition) is 8. The summed E-state index contributed by atoms with van der Waals surface area (Å²) in [6.07, 6.45) is 0. The number of carboxylic acids is 1. The Balaban J connectivity index is 1.72. The summed E-state index contributed by atoms with van der Waals surface area (Å²) in [6.45, 7) is 2.66. The number of nitrogens with two attached hydrogens (primary N) is 1. The van der Waals surface area contributed by atoms with Crippen LogP contribution in [0.15, 0.2) is 29.5 Å². The molecule has 0 radical (unpaired) electrons. The van der Waals surface area contributed by atoms with Gasteiger partial charge in [0.05, 0.1) is 0 Å². The number of nitrogens with zero attached hydrogens (tertiary/aromatic N) is 1. The van der Waals surface area contributed by atoms with E-state index < -0.39 is 41.2 Å². The van der Waals surface area contributed by atoms with E-state index in [9.17, 15) is 29.4 Å². The minimum absolute atomic E-state index is 0.0762. The molecular weight excluding hydrogens is 414 g/mol. The Morgan fingerprint density at radius 2 is 2.10 bits per heavy atom. The molecule has 2 aliphatic rings. The predicted octanol–water partition coefficient (Wildman–Crippen LogP) is 0.00212. The highest BCUT2D eigenvalue weighted by atomic mass is 32.2. The van der Waals surface area contributed by atoms with Gasteiger partial charge < -0.3 is 26.0 Å². The van der Waals surface area contributed by atoms with Crippen molar-refractivity contribution in [2.45, 2.75) is 31.3 Å². The molecule has 2 amide bonds. The van der Waals surface area contributed by atoms with Crippen LogP contribution in [0.4, 0.5) is 0 Å². The Bertz CT molecular complexity index is 961. The van der Waals surface area contributed by atoms with Crippen molar-refractivity contribution in [3.63, 3.8) is 0 Å². The normalized spacial score (nSPS) is 21.4. The molecule has 10 nitrogen and oxygen atoms in total. The van der Waals surface area contributed by atoms with Crippen LogP contribution in [0.5, 0.6) is 5.75 Å². The van der Waals surface area contributed by atoms with Gasteiger partial charge in [0.2, 0.25) is 5.91 Å². The number of aryl methyl sites for hydroxylation is 1. The van der Waals surface area contributed by atoms with Crippen molar-refractivity contribution in [1.29, 1.82) is 0 Å². The van der Waals surface area contributed by atoms with Gasteiger partial charge in [0, 0.05) is 18.2 Å². The smallest absolute Gasteiger partial charge is 0.352 e. The van der Waals surface area contributed by atoms with Crippen molar-refractivity contribution < 1.29 is 34.1 Å². The summed E-state index contributed by atoms with van der Waals surface area (Å²) < 4.78 is 4.88. The fourth-order valence-electron chi connectivity index (χ4n) is 3.25. The lowest BCUT2D eigenvalue weighted by molar-refractivity contribution is -0.151. The molecule has 0 bridgehead atoms. The molecule has 1 saturated heterocycles. The number of rotatable bonds is 6. The molecular formula is C19H21N3O7S. The van der Waals surface area contributed by atoms with Crippen molar-refractivity contribution in [2.75, 3.05) is 12.4 Å². The molecule has 0 aromatic heterocycles. The third-order valence-electron chi connectivity index (χ3n) is 4.86. The van der Waals surface area contributed by atoms with Gasteiger partial charge in [-0.1, -0.05) is 12.1 Å². The minimum Gasteiger partial charge on any atom is -0.508 e. The SMILES string of the molecule is CC(=O)OCC1=C(C(=O)O)N2C(=O)[C@@H](NC(=O)C(N)c3ccc(O)c(C)c3)[C@H]2SC1. The summed E-state index contributed by atoms with van der Waals surface area (Å²) in [6, 6.07) is 2.55. The standard InChI is InChI=1S/C19H21N3O7S/c1-8-5-10(3-4-12(8)24)13(20)16(25)21-14-17(26)22-15(19(27)28)11(6-29-9(2)23)7-30-18(14)22/h3-5,13-14,18,24H,6-7,20H2,1-2H3,(H,21,25)(H,27,28)/t13?,14-,18-/m1/s1. The first-order valence-electron chi connectivity index (χ1n) is 9.00. The number of nitrogens with one attached hydrogen (secondary N) is 1. The van der Waals surface area contributed by atoms with Crippen molar-refractivity contribution >= 4 is 35.5 Å². The summed E-state index contributed by atoms with van der Waals surface area (Å²) >= 11 is 1.26. The second kappa shape index (κ2) is 8.36. The molecule has 3 rings (SSSR count). The van der Waals surface area contributed by atoms with E-state index in [4.69, 9.17) is 10.5 Å². The average Bonchev–Trinajstić information content (AvgIpc) is 2.70. The van der Waals surface area contributed by atoms with Crippen LogP contribution in [0, 0.1) is 6.92 Å². The maximum atomic E-state index is 12.6. The number of carbonyl (C=O) groups excluding carboxylic acids is 3. The summed E-state index contributed by atoms with van der Waals surface area (Å²) in [5, 5.41) is 21.1. The number of aliphatic carboxylic acids is 1. The first-order chi connectivity index (χ1) is 14.1. The number of esters is 1. The first-order valence-corrected chi connectivity index (χ1v) is 10.1. The Morgan fingerprint density at radius 1 is 1.40 bits per heavy atom. The summed E-state index contributed by atoms with van der Waals surface area (Å²) in [4.78, 5) is 49.0. The molecule has 2 aliphatic heterocycles. The molecule has 3 atom stereocenters. The lowest BCUT2D eigenvalue weighted by atomic mass is 10.0. The van der Waals surface area contributed by atoms with E-state index in [-0.39, 0.29) is 23.8 Å². The number of phenols is 1. The molecule has 0 spiro atoms. The molecule has 1 unspecified atom stereocenters. The van der Waals surface area contributed by atoms with Crippen LogP contribution in [-0.4, -0.2) is 62.6 Å². The van der Waals surface area contributed by atoms with E-state index in [1.54, 1.807) is 13.0 Å². The van der Waals surface area contributed by atoms with E-state index in [1.165, 1.54) is 30.8 Å². The number of aromatic hydroxyl groups is 1. The second-order valence-corrected chi connectivity index (χ2v) is 8.06. The molecule has 11 heteroatoms. The van der Waals surface area contributed by atoms with Gasteiger partial charge in [-0.15, -0.1) is 11.8 Å². The van der Waals surface area contributed by atoms with Crippen LogP contribution in [0.1, 0.15) is 24.1 Å². The number of hydrogen-bond donors (Lipinski definition) is 4. The Labute approximate surface area is 176 Å². The van der Waals surface area contributed by atoms with Gasteiger partial charge in [-0.2, -0.15) is 0 Å². The van der Waals surface area contributed by atoms with Crippen LogP contribution in [-0.2, 0) is 23.9 Å². The number of carbonyl (C=O) groups is 4. The van der Waals surface area contributed by atoms with E-state index in [0.717, 1.165) is 4.90 Å². The largest absolute Gasteiger partial charge is 0.508 e. The number of carboxylic acid groups (broad SMARTS) is 1. The number of benzene rings is 1. The molecule has 0 aliphatic carbocycles. The lowest BCUT2D eigenvalue weighted by Gasteiger charge is -2.49. The molecule has 1 fully saturated rings. The zero-order chi connectivity index (χ0) is 22.2. The van der Waals surface area contributed by atoms with Crippen LogP contribution in [0.2, 0.25) is 0 Å². The number of phenolic OH excluding ortho intramolecular Hbond substituents is 1. The summed E-state index contributed by atoms with van der Waals surface area (Å²) in [5.41, 5.74) is 7.10. The third-order valence-corrected chi connectivity index (χ3v) is 6.20. The molecule has 1 aromatic rings. The van der Waals surface area contributed by atoms with E-state index >= 15 is 0 Å². The van der Waals surface area contributed by atoms with Crippen LogP contribution in [0.3, 0.4) is 0 Å². The van der Waals surface area contributed by atoms with Gasteiger partial charge in [-0.05, 0) is 24.1 Å². The minimum atomic E-state index is -1.31. The third kappa shape index (κ3) is 3.98. The molecule has 5 N–H and O–H groups in total. The van der Waals surface area contributed by atoms with Gasteiger partial charge in [0.25, 0.3) is 5.91 Å². The Kier molecular flexibility index (Phi) is 6.04. The highest BCUT2D eigenvalue weighted by Gasteiger charge is 2.54. The van der Waals surface area contributed by atoms with Crippen LogP contribution < -0.4 is 11.1 Å². The number of amides is 2. The second-order valence-electron chi connectivity index (χ2n) is 6.96. The zero-order valence-electron chi connectivity index (χ0n) is 16.2. The number of β-lactam (4-membered cyclic amide) rings is 1. The summed E-state index contributed by atoms with van der Waals surface area (Å²) in [5.74, 6) is -2.72. The number of thioether (sulfide) groups is 1. The fraction of sp³-hybridized carbons (Fsp3) is 0.368. The summed E-state index contributed by atoms with van der Waals surface area (Å²) in [7, 11) is 0. The lowest BCUT2D eigenvalue weighted by Crippen LogP contribution is -2.71. The molecule has 2 heterocycles. The van der Waals surface area contributed by atoms with Gasteiger partial charge in [-0.3, -0.25) is 19.3 Å². The van der Waals surface area contributed by atoms with Crippen molar-refractivity contribution in [3.05, 3.63) is 40.6 Å². The van der Waals surface area contributed by atoms with Crippen molar-refractivity contribution in [3.8, 4) is 5.75 Å². The fourth-order valence-corrected chi connectivity index (χ4v) is 4.58. The zero-order valence-corrected chi connectivity index (χ0v) is 17.1. The quantitative estimate of drug-likeness (QED) is 0.356. The Hall–Kier alpha value is -3.05. The molecule has 1 aromatic carbocycles. The molecule has 160 valence electrons. The van der Waals surface area contributed by atoms with Gasteiger partial charge in [-0.25, -0.2) is 4.79 Å². The van der Waals surface area contributed by atoms with Gasteiger partial charge >= 0.3 is 11.9 Å². The van der Waals surface area contributed by atoms with Crippen molar-refractivity contribution in [2.24, 2.45) is 5.73 Å². The van der Waals surface area contributed by atoms with E-state index in [2.05, 4.69) is 5.32 Å². The van der Waals surface area contributed by atoms with Crippen molar-refractivity contribution in [1.82, 2.24) is 10.2 Å². The molecule has 0 saturated carbocycles. The number of fused-ring (bicyclic) bond motifs is 1. The maximum Gasteiger partial charge on any atom is 0.352 e. The molecule has 30 heavy (non-hydrogen) atoms. The number of ether oxygens (including phenoxy) is 1. The average molecular weight is 435 g/mol. The van der Waals surface area contributed by atoms with Crippen LogP contribution >= 0.6 is 11.8 Å².